The molecule has 0 aliphatic rings. The summed E-state index contributed by atoms with van der Waals surface area (Å²) in [6, 6.07) is 2.67. The number of nitrogens with one attached hydrogen (secondary N) is 2. The van der Waals surface area contributed by atoms with Crippen molar-refractivity contribution in [2.45, 2.75) is 0 Å². The Hall–Kier alpha value is -2.97. The molecular formula is C14H14F2N4O3. The molecule has 0 fully saturated rings. The lowest BCUT2D eigenvalue weighted by Gasteiger charge is -2.07. The van der Waals surface area contributed by atoms with E-state index in [1.165, 1.54) is 18.0 Å². The Balaban J connectivity index is 1.96. The number of ether oxygens (including phenoxy) is 1. The van der Waals surface area contributed by atoms with Gasteiger partial charge in [-0.2, -0.15) is 0 Å². The van der Waals surface area contributed by atoms with E-state index in [0.29, 0.717) is 0 Å². The number of carbonyl (C=O) groups excluding carboxylic acids is 2. The van der Waals surface area contributed by atoms with Gasteiger partial charge in [-0.1, -0.05) is 0 Å². The first-order valence-electron chi connectivity index (χ1n) is 6.51. The molecule has 2 N–H and O–H groups in total. The molecule has 2 aromatic rings. The Morgan fingerprint density at radius 1 is 1.35 bits per heavy atom. The average Bonchev–Trinajstić information content (AvgIpc) is 2.89. The number of rotatable bonds is 5. The standard InChI is InChI=1S/C14H14F2N4O3/c1-20-7-9(14(19-20)23-2)13(22)17-6-12(21)18-11-5-8(15)3-4-10(11)16/h3-5,7H,6H2,1-2H3,(H,17,22)(H,18,21). The number of aromatic nitrogens is 2. The van der Waals surface area contributed by atoms with Crippen LogP contribution in [0.3, 0.4) is 0 Å². The predicted octanol–water partition coefficient (Wildman–Crippen LogP) is 1.08. The van der Waals surface area contributed by atoms with Crippen LogP contribution in [0.2, 0.25) is 0 Å². The molecule has 1 aromatic heterocycles. The van der Waals surface area contributed by atoms with E-state index in [2.05, 4.69) is 15.7 Å². The molecule has 122 valence electrons. The highest BCUT2D eigenvalue weighted by Crippen LogP contribution is 2.15. The highest BCUT2D eigenvalue weighted by Gasteiger charge is 2.17. The van der Waals surface area contributed by atoms with Crippen LogP contribution in [0, 0.1) is 11.6 Å². The highest BCUT2D eigenvalue weighted by molar-refractivity contribution is 6.00. The number of halogens is 2. The number of benzene rings is 1. The molecule has 0 aliphatic heterocycles. The summed E-state index contributed by atoms with van der Waals surface area (Å²) in [5, 5.41) is 8.42. The van der Waals surface area contributed by atoms with Gasteiger partial charge in [0.25, 0.3) is 5.91 Å². The van der Waals surface area contributed by atoms with E-state index in [9.17, 15) is 18.4 Å². The summed E-state index contributed by atoms with van der Waals surface area (Å²) >= 11 is 0. The molecule has 7 nitrogen and oxygen atoms in total. The molecule has 23 heavy (non-hydrogen) atoms. The maximum absolute atomic E-state index is 13.4. The first-order valence-corrected chi connectivity index (χ1v) is 6.51. The highest BCUT2D eigenvalue weighted by atomic mass is 19.1. The van der Waals surface area contributed by atoms with Crippen molar-refractivity contribution >= 4 is 17.5 Å². The van der Waals surface area contributed by atoms with Gasteiger partial charge in [0.15, 0.2) is 0 Å². The summed E-state index contributed by atoms with van der Waals surface area (Å²) in [7, 11) is 2.97. The van der Waals surface area contributed by atoms with Crippen molar-refractivity contribution in [2.75, 3.05) is 19.0 Å². The van der Waals surface area contributed by atoms with Crippen LogP contribution in [0.15, 0.2) is 24.4 Å². The Kier molecular flexibility index (Phi) is 4.89. The minimum absolute atomic E-state index is 0.113. The zero-order valence-corrected chi connectivity index (χ0v) is 12.4. The van der Waals surface area contributed by atoms with E-state index in [1.54, 1.807) is 7.05 Å². The molecule has 0 aliphatic carbocycles. The van der Waals surface area contributed by atoms with E-state index in [-0.39, 0.29) is 17.1 Å². The first kappa shape index (κ1) is 16.4. The third kappa shape index (κ3) is 4.02. The SMILES string of the molecule is COc1nn(C)cc1C(=O)NCC(=O)Nc1cc(F)ccc1F. The molecule has 0 radical (unpaired) electrons. The number of nitrogens with zero attached hydrogens (tertiary/aromatic N) is 2. The minimum Gasteiger partial charge on any atom is -0.479 e. The molecule has 0 atom stereocenters. The number of methoxy groups -OCH3 is 1. The van der Waals surface area contributed by atoms with E-state index >= 15 is 0 Å². The van der Waals surface area contributed by atoms with Crippen LogP contribution in [-0.2, 0) is 11.8 Å². The molecule has 1 heterocycles. The molecule has 0 bridgehead atoms. The molecule has 0 spiro atoms. The largest absolute Gasteiger partial charge is 0.479 e. The van der Waals surface area contributed by atoms with Gasteiger partial charge >= 0.3 is 0 Å². The number of carbonyl (C=O) groups is 2. The lowest BCUT2D eigenvalue weighted by molar-refractivity contribution is -0.115. The fourth-order valence-electron chi connectivity index (χ4n) is 1.82. The Labute approximate surface area is 130 Å². The van der Waals surface area contributed by atoms with Crippen molar-refractivity contribution in [2.24, 2.45) is 7.05 Å². The Bertz CT molecular complexity index is 746. The smallest absolute Gasteiger partial charge is 0.258 e. The van der Waals surface area contributed by atoms with Crippen LogP contribution >= 0.6 is 0 Å². The van der Waals surface area contributed by atoms with Crippen LogP contribution in [-0.4, -0.2) is 35.2 Å². The maximum atomic E-state index is 13.4. The van der Waals surface area contributed by atoms with Crippen molar-refractivity contribution in [3.63, 3.8) is 0 Å². The van der Waals surface area contributed by atoms with Crippen molar-refractivity contribution in [1.29, 1.82) is 0 Å². The molecule has 0 saturated carbocycles. The third-order valence-electron chi connectivity index (χ3n) is 2.84. The fourth-order valence-corrected chi connectivity index (χ4v) is 1.82. The number of amides is 2. The monoisotopic (exact) mass is 324 g/mol. The summed E-state index contributed by atoms with van der Waals surface area (Å²) in [6.45, 7) is -0.424. The molecular weight excluding hydrogens is 310 g/mol. The van der Waals surface area contributed by atoms with Crippen molar-refractivity contribution in [3.05, 3.63) is 41.6 Å². The predicted molar refractivity (Wildman–Crippen MR) is 77.1 cm³/mol. The minimum atomic E-state index is -0.778. The Morgan fingerprint density at radius 3 is 2.78 bits per heavy atom. The van der Waals surface area contributed by atoms with Gasteiger partial charge in [0.05, 0.1) is 19.3 Å². The van der Waals surface area contributed by atoms with E-state index in [1.807, 2.05) is 0 Å². The van der Waals surface area contributed by atoms with Crippen LogP contribution < -0.4 is 15.4 Å². The van der Waals surface area contributed by atoms with Gasteiger partial charge in [-0.15, -0.1) is 5.10 Å². The van der Waals surface area contributed by atoms with E-state index in [0.717, 1.165) is 18.2 Å². The van der Waals surface area contributed by atoms with Crippen molar-refractivity contribution < 1.29 is 23.1 Å². The van der Waals surface area contributed by atoms with Gasteiger partial charge < -0.3 is 15.4 Å². The molecule has 2 amide bonds. The lowest BCUT2D eigenvalue weighted by atomic mass is 10.3. The first-order chi connectivity index (χ1) is 10.9. The zero-order chi connectivity index (χ0) is 17.0. The van der Waals surface area contributed by atoms with Crippen LogP contribution in [0.5, 0.6) is 5.88 Å². The Morgan fingerprint density at radius 2 is 2.09 bits per heavy atom. The molecule has 1 aromatic carbocycles. The van der Waals surface area contributed by atoms with E-state index < -0.39 is 30.0 Å². The van der Waals surface area contributed by atoms with Crippen LogP contribution in [0.4, 0.5) is 14.5 Å². The summed E-state index contributed by atoms with van der Waals surface area (Å²) in [4.78, 5) is 23.7. The number of anilines is 1. The fraction of sp³-hybridized carbons (Fsp3) is 0.214. The number of hydrogen-bond acceptors (Lipinski definition) is 4. The quantitative estimate of drug-likeness (QED) is 0.862. The lowest BCUT2D eigenvalue weighted by Crippen LogP contribution is -2.33. The van der Waals surface area contributed by atoms with Crippen molar-refractivity contribution in [1.82, 2.24) is 15.1 Å². The third-order valence-corrected chi connectivity index (χ3v) is 2.84. The summed E-state index contributed by atoms with van der Waals surface area (Å²) < 4.78 is 32.7. The van der Waals surface area contributed by atoms with Gasteiger partial charge in [-0.3, -0.25) is 14.3 Å². The summed E-state index contributed by atoms with van der Waals surface area (Å²) in [6.07, 6.45) is 1.43. The second kappa shape index (κ2) is 6.86. The number of aryl methyl sites for hydroxylation is 1. The van der Waals surface area contributed by atoms with E-state index in [4.69, 9.17) is 4.74 Å². The van der Waals surface area contributed by atoms with Crippen LogP contribution in [0.1, 0.15) is 10.4 Å². The maximum Gasteiger partial charge on any atom is 0.258 e. The summed E-state index contributed by atoms with van der Waals surface area (Å²) in [5.41, 5.74) is -0.150. The van der Waals surface area contributed by atoms with Gasteiger partial charge in [-0.05, 0) is 12.1 Å². The molecule has 2 rings (SSSR count). The van der Waals surface area contributed by atoms with Gasteiger partial charge in [0.1, 0.15) is 17.2 Å². The second-order valence-electron chi connectivity index (χ2n) is 4.58. The van der Waals surface area contributed by atoms with Gasteiger partial charge in [0.2, 0.25) is 11.8 Å². The summed E-state index contributed by atoms with van der Waals surface area (Å²) in [5.74, 6) is -2.64. The van der Waals surface area contributed by atoms with Crippen molar-refractivity contribution in [3.8, 4) is 5.88 Å². The van der Waals surface area contributed by atoms with Gasteiger partial charge in [0, 0.05) is 19.3 Å². The normalized spacial score (nSPS) is 10.3. The van der Waals surface area contributed by atoms with Gasteiger partial charge in [-0.25, -0.2) is 8.78 Å². The molecule has 0 unspecified atom stereocenters. The average molecular weight is 324 g/mol. The molecule has 9 heteroatoms. The van der Waals surface area contributed by atoms with Crippen LogP contribution in [0.25, 0.3) is 0 Å². The topological polar surface area (TPSA) is 85.2 Å². The molecule has 0 saturated heterocycles. The zero-order valence-electron chi connectivity index (χ0n) is 12.4. The second-order valence-corrected chi connectivity index (χ2v) is 4.58. The number of hydrogen-bond donors (Lipinski definition) is 2.